The van der Waals surface area contributed by atoms with Gasteiger partial charge in [-0.2, -0.15) is 0 Å². The summed E-state index contributed by atoms with van der Waals surface area (Å²) < 4.78 is 0. The second-order valence-electron chi connectivity index (χ2n) is 6.33. The van der Waals surface area contributed by atoms with E-state index in [4.69, 9.17) is 5.73 Å². The molecule has 0 aromatic heterocycles. The first kappa shape index (κ1) is 15.4. The summed E-state index contributed by atoms with van der Waals surface area (Å²) in [7, 11) is 4.11. The van der Waals surface area contributed by atoms with Crippen molar-refractivity contribution in [2.24, 2.45) is 11.7 Å². The third kappa shape index (κ3) is 4.58. The molecular weight excluding hydrogens is 226 g/mol. The van der Waals surface area contributed by atoms with E-state index < -0.39 is 0 Å². The smallest absolute Gasteiger partial charge is 0.221 e. The molecule has 4 heteroatoms. The van der Waals surface area contributed by atoms with Crippen molar-refractivity contribution in [3.8, 4) is 0 Å². The highest BCUT2D eigenvalue weighted by atomic mass is 16.1. The van der Waals surface area contributed by atoms with Crippen molar-refractivity contribution in [3.63, 3.8) is 0 Å². The Morgan fingerprint density at radius 3 is 2.33 bits per heavy atom. The molecule has 1 atom stereocenters. The number of nitrogens with one attached hydrogen (secondary N) is 1. The lowest BCUT2D eigenvalue weighted by atomic mass is 9.94. The quantitative estimate of drug-likeness (QED) is 0.753. The number of likely N-dealkylation sites (N-methyl/N-ethyl adjacent to an activating group) is 1. The maximum atomic E-state index is 11.9. The molecule has 4 nitrogen and oxygen atoms in total. The van der Waals surface area contributed by atoms with Crippen molar-refractivity contribution in [2.45, 2.75) is 57.5 Å². The normalized spacial score (nSPS) is 20.4. The zero-order chi connectivity index (χ0) is 13.8. The van der Waals surface area contributed by atoms with Gasteiger partial charge in [-0.15, -0.1) is 0 Å². The van der Waals surface area contributed by atoms with Crippen molar-refractivity contribution in [1.29, 1.82) is 0 Å². The van der Waals surface area contributed by atoms with E-state index in [1.165, 1.54) is 0 Å². The van der Waals surface area contributed by atoms with Gasteiger partial charge < -0.3 is 16.0 Å². The Morgan fingerprint density at radius 1 is 1.33 bits per heavy atom. The van der Waals surface area contributed by atoms with Gasteiger partial charge in [0, 0.05) is 24.5 Å². The van der Waals surface area contributed by atoms with E-state index in [-0.39, 0.29) is 11.4 Å². The summed E-state index contributed by atoms with van der Waals surface area (Å²) in [5.41, 5.74) is 5.97. The minimum Gasteiger partial charge on any atom is -0.354 e. The van der Waals surface area contributed by atoms with Crippen LogP contribution in [0, 0.1) is 5.92 Å². The first-order chi connectivity index (χ1) is 8.34. The van der Waals surface area contributed by atoms with E-state index >= 15 is 0 Å². The maximum absolute atomic E-state index is 11.9. The molecule has 0 bridgehead atoms. The lowest BCUT2D eigenvalue weighted by Gasteiger charge is -2.29. The largest absolute Gasteiger partial charge is 0.354 e. The summed E-state index contributed by atoms with van der Waals surface area (Å²) in [5, 5.41) is 3.04. The Morgan fingerprint density at radius 2 is 1.89 bits per heavy atom. The highest BCUT2D eigenvalue weighted by Crippen LogP contribution is 2.29. The molecule has 1 saturated carbocycles. The number of hydrogen-bond acceptors (Lipinski definition) is 3. The zero-order valence-corrected chi connectivity index (χ0v) is 12.3. The van der Waals surface area contributed by atoms with Crippen LogP contribution in [0.1, 0.15) is 46.0 Å². The predicted molar refractivity (Wildman–Crippen MR) is 75.3 cm³/mol. The lowest BCUT2D eigenvalue weighted by Crippen LogP contribution is -2.47. The summed E-state index contributed by atoms with van der Waals surface area (Å²) in [6, 6.07) is 0.381. The molecule has 3 N–H and O–H groups in total. The van der Waals surface area contributed by atoms with Crippen LogP contribution in [0.25, 0.3) is 0 Å². The summed E-state index contributed by atoms with van der Waals surface area (Å²) in [4.78, 5) is 14.1. The monoisotopic (exact) mass is 255 g/mol. The van der Waals surface area contributed by atoms with Gasteiger partial charge in [-0.05, 0) is 32.9 Å². The molecule has 1 rings (SSSR count). The van der Waals surface area contributed by atoms with Crippen LogP contribution < -0.4 is 11.1 Å². The zero-order valence-electron chi connectivity index (χ0n) is 12.3. The van der Waals surface area contributed by atoms with E-state index in [0.29, 0.717) is 24.9 Å². The second-order valence-corrected chi connectivity index (χ2v) is 6.33. The first-order valence-electron chi connectivity index (χ1n) is 7.06. The molecule has 1 amide bonds. The standard InChI is InChI=1S/C14H29N3O/c1-11(2)12(17(3)4)10-16-13(18)9-14(15)7-5-6-8-14/h11-12H,5-10,15H2,1-4H3,(H,16,18). The van der Waals surface area contributed by atoms with Crippen LogP contribution in [0.3, 0.4) is 0 Å². The average Bonchev–Trinajstić information content (AvgIpc) is 2.63. The Kier molecular flexibility index (Phi) is 5.60. The minimum absolute atomic E-state index is 0.104. The van der Waals surface area contributed by atoms with Gasteiger partial charge in [-0.1, -0.05) is 26.7 Å². The van der Waals surface area contributed by atoms with Crippen LogP contribution in [0.15, 0.2) is 0 Å². The van der Waals surface area contributed by atoms with E-state index in [9.17, 15) is 4.79 Å². The SMILES string of the molecule is CC(C)C(CNC(=O)CC1(N)CCCC1)N(C)C. The van der Waals surface area contributed by atoms with E-state index in [1.54, 1.807) is 0 Å². The van der Waals surface area contributed by atoms with Gasteiger partial charge in [-0.3, -0.25) is 4.79 Å². The summed E-state index contributed by atoms with van der Waals surface area (Å²) in [6.45, 7) is 5.07. The number of hydrogen-bond donors (Lipinski definition) is 2. The molecule has 1 aliphatic carbocycles. The Bertz CT molecular complexity index is 262. The fourth-order valence-electron chi connectivity index (χ4n) is 2.87. The fraction of sp³-hybridized carbons (Fsp3) is 0.929. The van der Waals surface area contributed by atoms with Crippen molar-refractivity contribution in [2.75, 3.05) is 20.6 Å². The lowest BCUT2D eigenvalue weighted by molar-refractivity contribution is -0.122. The number of nitrogens with two attached hydrogens (primary N) is 1. The minimum atomic E-state index is -0.241. The van der Waals surface area contributed by atoms with Crippen molar-refractivity contribution >= 4 is 5.91 Å². The van der Waals surface area contributed by atoms with Crippen LogP contribution in [0.2, 0.25) is 0 Å². The van der Waals surface area contributed by atoms with E-state index in [2.05, 4.69) is 38.2 Å². The van der Waals surface area contributed by atoms with Gasteiger partial charge in [0.15, 0.2) is 0 Å². The van der Waals surface area contributed by atoms with Crippen LogP contribution in [-0.2, 0) is 4.79 Å². The van der Waals surface area contributed by atoms with Gasteiger partial charge in [0.1, 0.15) is 0 Å². The van der Waals surface area contributed by atoms with Gasteiger partial charge in [0.25, 0.3) is 0 Å². The average molecular weight is 255 g/mol. The molecular formula is C14H29N3O. The molecule has 18 heavy (non-hydrogen) atoms. The molecule has 0 aromatic carbocycles. The number of carbonyl (C=O) groups is 1. The molecule has 0 spiro atoms. The molecule has 1 unspecified atom stereocenters. The third-order valence-electron chi connectivity index (χ3n) is 4.05. The number of amides is 1. The first-order valence-corrected chi connectivity index (χ1v) is 7.06. The summed E-state index contributed by atoms with van der Waals surface area (Å²) >= 11 is 0. The van der Waals surface area contributed by atoms with Gasteiger partial charge in [0.05, 0.1) is 0 Å². The number of carbonyl (C=O) groups excluding carboxylic acids is 1. The van der Waals surface area contributed by atoms with Crippen molar-refractivity contribution < 1.29 is 4.79 Å². The molecule has 0 aromatic rings. The third-order valence-corrected chi connectivity index (χ3v) is 4.05. The maximum Gasteiger partial charge on any atom is 0.221 e. The Balaban J connectivity index is 2.36. The van der Waals surface area contributed by atoms with Crippen LogP contribution >= 0.6 is 0 Å². The molecule has 0 heterocycles. The fourth-order valence-corrected chi connectivity index (χ4v) is 2.87. The highest BCUT2D eigenvalue weighted by Gasteiger charge is 2.31. The molecule has 0 aliphatic heterocycles. The summed E-state index contributed by atoms with van der Waals surface area (Å²) in [6.07, 6.45) is 4.78. The number of nitrogens with zero attached hydrogens (tertiary/aromatic N) is 1. The number of rotatable bonds is 6. The van der Waals surface area contributed by atoms with Gasteiger partial charge in [0.2, 0.25) is 5.91 Å². The van der Waals surface area contributed by atoms with Crippen molar-refractivity contribution in [3.05, 3.63) is 0 Å². The Labute approximate surface area is 111 Å². The molecule has 106 valence electrons. The Hall–Kier alpha value is -0.610. The highest BCUT2D eigenvalue weighted by molar-refractivity contribution is 5.77. The van der Waals surface area contributed by atoms with Gasteiger partial charge in [-0.25, -0.2) is 0 Å². The summed E-state index contributed by atoms with van der Waals surface area (Å²) in [5.74, 6) is 0.630. The molecule has 1 fully saturated rings. The molecule has 0 radical (unpaired) electrons. The van der Waals surface area contributed by atoms with Crippen LogP contribution in [0.5, 0.6) is 0 Å². The second kappa shape index (κ2) is 6.53. The van der Waals surface area contributed by atoms with E-state index in [1.807, 2.05) is 0 Å². The molecule has 0 saturated heterocycles. The van der Waals surface area contributed by atoms with Crippen LogP contribution in [0.4, 0.5) is 0 Å². The van der Waals surface area contributed by atoms with E-state index in [0.717, 1.165) is 25.7 Å². The molecule has 1 aliphatic rings. The predicted octanol–water partition coefficient (Wildman–Crippen LogP) is 1.35. The van der Waals surface area contributed by atoms with Gasteiger partial charge >= 0.3 is 0 Å². The van der Waals surface area contributed by atoms with Crippen molar-refractivity contribution in [1.82, 2.24) is 10.2 Å². The van der Waals surface area contributed by atoms with Crippen LogP contribution in [-0.4, -0.2) is 43.0 Å². The topological polar surface area (TPSA) is 58.4 Å².